The molecule has 0 bridgehead atoms. The lowest BCUT2D eigenvalue weighted by Gasteiger charge is -2.29. The third kappa shape index (κ3) is 2.96. The Morgan fingerprint density at radius 3 is 2.71 bits per heavy atom. The number of hydrogen-bond donors (Lipinski definition) is 2. The Hall–Kier alpha value is -2.17. The number of carbonyl (C=O) groups excluding carboxylic acids is 1. The number of H-pyrrole nitrogens is 1. The molecule has 1 fully saturated rings. The molecule has 0 saturated heterocycles. The second-order valence-corrected chi connectivity index (χ2v) is 5.73. The monoisotopic (exact) mass is 284 g/mol. The smallest absolute Gasteiger partial charge is 0.274 e. The fourth-order valence-corrected chi connectivity index (χ4v) is 2.95. The Balaban J connectivity index is 1.78. The summed E-state index contributed by atoms with van der Waals surface area (Å²) < 4.78 is 0. The first kappa shape index (κ1) is 13.8. The number of benzene rings is 1. The summed E-state index contributed by atoms with van der Waals surface area (Å²) in [6, 6.07) is 9.89. The first-order valence-corrected chi connectivity index (χ1v) is 7.53. The van der Waals surface area contributed by atoms with Crippen LogP contribution in [0.4, 0.5) is 0 Å². The molecule has 110 valence electrons. The van der Waals surface area contributed by atoms with Gasteiger partial charge in [0.15, 0.2) is 5.69 Å². The number of hydrogen-bond acceptors (Lipinski definition) is 3. The maximum Gasteiger partial charge on any atom is 0.274 e. The summed E-state index contributed by atoms with van der Waals surface area (Å²) in [7, 11) is 0. The summed E-state index contributed by atoms with van der Waals surface area (Å²) in [5.41, 5.74) is 1.88. The molecular weight excluding hydrogens is 264 g/mol. The lowest BCUT2D eigenvalue weighted by Crippen LogP contribution is -2.41. The zero-order chi connectivity index (χ0) is 14.7. The molecule has 21 heavy (non-hydrogen) atoms. The standard InChI is InChI=1S/C16H20N4O/c1-11-7-5-6-10-13(11)17-16(21)15-14(18-20-19-15)12-8-3-2-4-9-12/h2-4,8-9,11,13H,5-7,10H2,1H3,(H,17,21)(H,18,19,20)/t11-,13-/m0/s1. The summed E-state index contributed by atoms with van der Waals surface area (Å²) >= 11 is 0. The quantitative estimate of drug-likeness (QED) is 0.910. The van der Waals surface area contributed by atoms with Crippen LogP contribution in [0.5, 0.6) is 0 Å². The van der Waals surface area contributed by atoms with Gasteiger partial charge in [-0.15, -0.1) is 0 Å². The van der Waals surface area contributed by atoms with E-state index in [2.05, 4.69) is 27.7 Å². The summed E-state index contributed by atoms with van der Waals surface area (Å²) in [6.45, 7) is 2.20. The van der Waals surface area contributed by atoms with E-state index in [0.717, 1.165) is 12.0 Å². The minimum Gasteiger partial charge on any atom is -0.348 e. The van der Waals surface area contributed by atoms with Crippen LogP contribution in [-0.4, -0.2) is 27.4 Å². The summed E-state index contributed by atoms with van der Waals surface area (Å²) in [5, 5.41) is 13.8. The average molecular weight is 284 g/mol. The second kappa shape index (κ2) is 6.08. The van der Waals surface area contributed by atoms with Crippen molar-refractivity contribution in [1.29, 1.82) is 0 Å². The predicted octanol–water partition coefficient (Wildman–Crippen LogP) is 2.78. The normalized spacial score (nSPS) is 22.0. The Morgan fingerprint density at radius 2 is 1.95 bits per heavy atom. The van der Waals surface area contributed by atoms with Crippen LogP contribution in [0.2, 0.25) is 0 Å². The van der Waals surface area contributed by atoms with Crippen LogP contribution in [0, 0.1) is 5.92 Å². The van der Waals surface area contributed by atoms with Crippen LogP contribution in [0.1, 0.15) is 43.1 Å². The van der Waals surface area contributed by atoms with E-state index in [1.807, 2.05) is 30.3 Å². The van der Waals surface area contributed by atoms with Gasteiger partial charge in [0.25, 0.3) is 5.91 Å². The van der Waals surface area contributed by atoms with Crippen molar-refractivity contribution in [2.45, 2.75) is 38.6 Å². The molecule has 1 saturated carbocycles. The van der Waals surface area contributed by atoms with Crippen LogP contribution in [0.25, 0.3) is 11.3 Å². The van der Waals surface area contributed by atoms with E-state index >= 15 is 0 Å². The fourth-order valence-electron chi connectivity index (χ4n) is 2.95. The molecule has 0 spiro atoms. The summed E-state index contributed by atoms with van der Waals surface area (Å²) in [5.74, 6) is 0.385. The molecule has 0 aliphatic heterocycles. The van der Waals surface area contributed by atoms with E-state index in [-0.39, 0.29) is 11.9 Å². The van der Waals surface area contributed by atoms with Gasteiger partial charge in [-0.1, -0.05) is 50.1 Å². The van der Waals surface area contributed by atoms with Gasteiger partial charge in [-0.05, 0) is 18.8 Å². The van der Waals surface area contributed by atoms with Crippen LogP contribution in [-0.2, 0) is 0 Å². The minimum absolute atomic E-state index is 0.138. The number of nitrogens with one attached hydrogen (secondary N) is 2. The lowest BCUT2D eigenvalue weighted by atomic mass is 9.86. The number of aromatic amines is 1. The molecule has 1 aromatic carbocycles. The zero-order valence-electron chi connectivity index (χ0n) is 12.2. The van der Waals surface area contributed by atoms with Crippen molar-refractivity contribution in [3.05, 3.63) is 36.0 Å². The molecule has 2 aromatic rings. The predicted molar refractivity (Wildman–Crippen MR) is 80.7 cm³/mol. The number of nitrogens with zero attached hydrogens (tertiary/aromatic N) is 2. The van der Waals surface area contributed by atoms with Gasteiger partial charge in [0.2, 0.25) is 0 Å². The highest BCUT2D eigenvalue weighted by atomic mass is 16.2. The summed E-state index contributed by atoms with van der Waals surface area (Å²) in [6.07, 6.45) is 4.66. The van der Waals surface area contributed by atoms with E-state index in [9.17, 15) is 4.79 Å². The summed E-state index contributed by atoms with van der Waals surface area (Å²) in [4.78, 5) is 12.5. The van der Waals surface area contributed by atoms with Gasteiger partial charge in [0, 0.05) is 11.6 Å². The Kier molecular flexibility index (Phi) is 3.99. The lowest BCUT2D eigenvalue weighted by molar-refractivity contribution is 0.0906. The molecule has 3 rings (SSSR count). The molecule has 1 heterocycles. The number of amides is 1. The molecule has 5 nitrogen and oxygen atoms in total. The third-order valence-electron chi connectivity index (χ3n) is 4.24. The van der Waals surface area contributed by atoms with Gasteiger partial charge < -0.3 is 5.32 Å². The molecule has 1 aromatic heterocycles. The van der Waals surface area contributed by atoms with Crippen LogP contribution in [0.3, 0.4) is 0 Å². The van der Waals surface area contributed by atoms with Crippen molar-refractivity contribution in [2.24, 2.45) is 5.92 Å². The molecular formula is C16H20N4O. The maximum atomic E-state index is 12.5. The van der Waals surface area contributed by atoms with Gasteiger partial charge in [0.1, 0.15) is 5.69 Å². The first-order chi connectivity index (χ1) is 10.3. The second-order valence-electron chi connectivity index (χ2n) is 5.73. The van der Waals surface area contributed by atoms with Crippen molar-refractivity contribution < 1.29 is 4.79 Å². The molecule has 1 amide bonds. The zero-order valence-corrected chi connectivity index (χ0v) is 12.2. The van der Waals surface area contributed by atoms with Crippen LogP contribution < -0.4 is 5.32 Å². The van der Waals surface area contributed by atoms with Gasteiger partial charge >= 0.3 is 0 Å². The number of rotatable bonds is 3. The Labute approximate surface area is 124 Å². The number of carbonyl (C=O) groups is 1. The molecule has 2 atom stereocenters. The van der Waals surface area contributed by atoms with Gasteiger partial charge in [-0.2, -0.15) is 15.4 Å². The van der Waals surface area contributed by atoms with Crippen molar-refractivity contribution >= 4 is 5.91 Å². The maximum absolute atomic E-state index is 12.5. The Morgan fingerprint density at radius 1 is 1.19 bits per heavy atom. The van der Waals surface area contributed by atoms with Crippen molar-refractivity contribution in [2.75, 3.05) is 0 Å². The van der Waals surface area contributed by atoms with E-state index in [1.165, 1.54) is 19.3 Å². The SMILES string of the molecule is C[C@H]1CCCC[C@@H]1NC(=O)c1n[nH]nc1-c1ccccc1. The van der Waals surface area contributed by atoms with Gasteiger partial charge in [-0.25, -0.2) is 0 Å². The van der Waals surface area contributed by atoms with E-state index in [4.69, 9.17) is 0 Å². The van der Waals surface area contributed by atoms with Gasteiger partial charge in [-0.3, -0.25) is 4.79 Å². The highest BCUT2D eigenvalue weighted by Crippen LogP contribution is 2.25. The fraction of sp³-hybridized carbons (Fsp3) is 0.438. The van der Waals surface area contributed by atoms with Crippen molar-refractivity contribution in [3.63, 3.8) is 0 Å². The first-order valence-electron chi connectivity index (χ1n) is 7.53. The highest BCUT2D eigenvalue weighted by molar-refractivity contribution is 5.98. The van der Waals surface area contributed by atoms with Crippen LogP contribution >= 0.6 is 0 Å². The Bertz CT molecular complexity index is 608. The molecule has 0 unspecified atom stereocenters. The van der Waals surface area contributed by atoms with Crippen molar-refractivity contribution in [3.8, 4) is 11.3 Å². The van der Waals surface area contributed by atoms with E-state index in [0.29, 0.717) is 17.3 Å². The number of aromatic nitrogens is 3. The highest BCUT2D eigenvalue weighted by Gasteiger charge is 2.25. The molecule has 1 aliphatic carbocycles. The molecule has 0 radical (unpaired) electrons. The third-order valence-corrected chi connectivity index (χ3v) is 4.24. The topological polar surface area (TPSA) is 70.7 Å². The van der Waals surface area contributed by atoms with Crippen LogP contribution in [0.15, 0.2) is 30.3 Å². The average Bonchev–Trinajstić information content (AvgIpc) is 3.00. The van der Waals surface area contributed by atoms with E-state index in [1.54, 1.807) is 0 Å². The largest absolute Gasteiger partial charge is 0.348 e. The molecule has 5 heteroatoms. The van der Waals surface area contributed by atoms with Gasteiger partial charge in [0.05, 0.1) is 0 Å². The molecule has 2 N–H and O–H groups in total. The minimum atomic E-state index is -0.138. The van der Waals surface area contributed by atoms with Crippen molar-refractivity contribution in [1.82, 2.24) is 20.7 Å². The molecule has 1 aliphatic rings. The van der Waals surface area contributed by atoms with E-state index < -0.39 is 0 Å².